The largest absolute Gasteiger partial charge is 0.395 e. The Balaban J connectivity index is 1.46. The molecule has 0 spiro atoms. The van der Waals surface area contributed by atoms with Crippen molar-refractivity contribution in [2.75, 3.05) is 57.6 Å². The van der Waals surface area contributed by atoms with Gasteiger partial charge in [-0.3, -0.25) is 19.1 Å². The summed E-state index contributed by atoms with van der Waals surface area (Å²) in [6.07, 6.45) is 2.00. The van der Waals surface area contributed by atoms with Crippen molar-refractivity contribution in [1.29, 1.82) is 0 Å². The van der Waals surface area contributed by atoms with Gasteiger partial charge in [0.15, 0.2) is 30.0 Å². The minimum atomic E-state index is -2.94. The number of thioether (sulfide) groups is 1. The van der Waals surface area contributed by atoms with Crippen LogP contribution in [-0.4, -0.2) is 121 Å². The molecule has 2 aromatic heterocycles. The molecular weight excluding hydrogens is 567 g/mol. The SMILES string of the molecule is C=P(OCCSC(=O)C(C)(C)CO)(OCC1OC(n2cnc3c(=O)[nH]c(N)nc32)C(C)(O)C1O)N1CCOCC1. The number of carbonyl (C=O) groups excluding carboxylic acids is 1. The average Bonchev–Trinajstić information content (AvgIpc) is 3.43. The maximum absolute atomic E-state index is 12.3. The number of nitrogens with zero attached hydrogens (tertiary/aromatic N) is 4. The third-order valence-electron chi connectivity index (χ3n) is 6.87. The number of aromatic amines is 1. The fraction of sp³-hybridized carbons (Fsp3) is 0.696. The first-order valence-electron chi connectivity index (χ1n) is 12.7. The Hall–Kier alpha value is -1.85. The van der Waals surface area contributed by atoms with E-state index in [0.717, 1.165) is 11.8 Å². The molecule has 2 aliphatic rings. The molecule has 2 aliphatic heterocycles. The molecule has 4 rings (SSSR count). The Labute approximate surface area is 235 Å². The molecule has 0 radical (unpaired) electrons. The van der Waals surface area contributed by atoms with Crippen molar-refractivity contribution in [1.82, 2.24) is 24.2 Å². The predicted molar refractivity (Wildman–Crippen MR) is 150 cm³/mol. The number of nitrogen functional groups attached to an aromatic ring is 1. The highest BCUT2D eigenvalue weighted by atomic mass is 32.2. The first-order chi connectivity index (χ1) is 18.8. The van der Waals surface area contributed by atoms with Crippen molar-refractivity contribution in [3.8, 4) is 0 Å². The van der Waals surface area contributed by atoms with Gasteiger partial charge in [0.05, 0.1) is 44.8 Å². The van der Waals surface area contributed by atoms with Gasteiger partial charge in [-0.2, -0.15) is 4.98 Å². The average molecular weight is 605 g/mol. The summed E-state index contributed by atoms with van der Waals surface area (Å²) in [4.78, 5) is 35.1. The zero-order chi connectivity index (χ0) is 29.3. The molecule has 40 heavy (non-hydrogen) atoms. The molecule has 5 unspecified atom stereocenters. The standard InChI is InChI=1S/C23H37N6O9PS/c1-22(2,12-30)20(33)40-10-9-36-39(4,28-5-7-35-8-6-28)37-11-14-16(31)23(3,34)19(38-14)29-13-25-15-17(29)26-21(24)27-18(15)32/h13-14,16,19,30-31,34H,4-12H2,1-3H3,(H3,24,26,27,32). The highest BCUT2D eigenvalue weighted by molar-refractivity contribution is 8.13. The van der Waals surface area contributed by atoms with Crippen LogP contribution in [0.3, 0.4) is 0 Å². The molecule has 0 saturated carbocycles. The fourth-order valence-electron chi connectivity index (χ4n) is 4.32. The van der Waals surface area contributed by atoms with Crippen LogP contribution in [0, 0.1) is 5.41 Å². The topological polar surface area (TPSA) is 208 Å². The molecule has 0 amide bonds. The minimum Gasteiger partial charge on any atom is -0.395 e. The van der Waals surface area contributed by atoms with Gasteiger partial charge in [-0.1, -0.05) is 11.8 Å². The molecule has 0 aliphatic carbocycles. The van der Waals surface area contributed by atoms with Gasteiger partial charge < -0.3 is 39.6 Å². The van der Waals surface area contributed by atoms with Crippen LogP contribution in [0.4, 0.5) is 5.95 Å². The molecule has 2 aromatic rings. The maximum atomic E-state index is 12.3. The minimum absolute atomic E-state index is 0.00457. The molecule has 15 nitrogen and oxygen atoms in total. The second kappa shape index (κ2) is 12.2. The molecular formula is C23H37N6O9PS. The van der Waals surface area contributed by atoms with Crippen LogP contribution in [0.25, 0.3) is 11.2 Å². The molecule has 2 saturated heterocycles. The fourth-order valence-corrected chi connectivity index (χ4v) is 7.18. The highest BCUT2D eigenvalue weighted by Crippen LogP contribution is 2.53. The van der Waals surface area contributed by atoms with Crippen molar-refractivity contribution < 1.29 is 38.6 Å². The van der Waals surface area contributed by atoms with E-state index in [1.165, 1.54) is 17.8 Å². The molecule has 5 atom stereocenters. The molecule has 4 heterocycles. The van der Waals surface area contributed by atoms with E-state index in [1.54, 1.807) is 13.8 Å². The summed E-state index contributed by atoms with van der Waals surface area (Å²) in [6, 6.07) is 0. The lowest BCUT2D eigenvalue weighted by Gasteiger charge is -2.38. The number of ether oxygens (including phenoxy) is 2. The summed E-state index contributed by atoms with van der Waals surface area (Å²) in [5.74, 6) is 0.196. The Morgan fingerprint density at radius 1 is 1.40 bits per heavy atom. The Bertz CT molecular complexity index is 1310. The number of anilines is 1. The Morgan fingerprint density at radius 3 is 2.77 bits per heavy atom. The van der Waals surface area contributed by atoms with Crippen LogP contribution in [0.15, 0.2) is 11.1 Å². The van der Waals surface area contributed by atoms with Crippen molar-refractivity contribution in [3.63, 3.8) is 0 Å². The summed E-state index contributed by atoms with van der Waals surface area (Å²) >= 11 is 1.06. The number of imidazole rings is 1. The number of aromatic nitrogens is 4. The lowest BCUT2D eigenvalue weighted by atomic mass is 9.96. The third kappa shape index (κ3) is 6.31. The van der Waals surface area contributed by atoms with Crippen LogP contribution in [-0.2, 0) is 23.3 Å². The number of nitrogens with two attached hydrogens (primary N) is 1. The number of hydrogen-bond donors (Lipinski definition) is 5. The van der Waals surface area contributed by atoms with Crippen LogP contribution in [0.5, 0.6) is 0 Å². The van der Waals surface area contributed by atoms with Crippen molar-refractivity contribution in [2.45, 2.75) is 44.8 Å². The van der Waals surface area contributed by atoms with Gasteiger partial charge >= 0.3 is 0 Å². The number of morpholine rings is 1. The van der Waals surface area contributed by atoms with Crippen molar-refractivity contribution >= 4 is 47.8 Å². The highest BCUT2D eigenvalue weighted by Gasteiger charge is 2.54. The molecule has 6 N–H and O–H groups in total. The zero-order valence-electron chi connectivity index (χ0n) is 22.7. The third-order valence-corrected chi connectivity index (χ3v) is 10.5. The molecule has 0 bridgehead atoms. The Morgan fingerprint density at radius 2 is 2.10 bits per heavy atom. The van der Waals surface area contributed by atoms with Crippen molar-refractivity contribution in [3.05, 3.63) is 16.7 Å². The molecule has 224 valence electrons. The van der Waals surface area contributed by atoms with E-state index in [4.69, 9.17) is 24.3 Å². The van der Waals surface area contributed by atoms with Gasteiger partial charge in [0, 0.05) is 18.8 Å². The number of H-pyrrole nitrogens is 1. The van der Waals surface area contributed by atoms with E-state index in [1.807, 2.05) is 4.67 Å². The van der Waals surface area contributed by atoms with Gasteiger partial charge in [-0.05, 0) is 27.1 Å². The summed E-state index contributed by atoms with van der Waals surface area (Å²) in [6.45, 7) is 6.42. The summed E-state index contributed by atoms with van der Waals surface area (Å²) in [5, 5.41) is 31.5. The molecule has 2 fully saturated rings. The van der Waals surface area contributed by atoms with Crippen LogP contribution in [0.1, 0.15) is 27.0 Å². The van der Waals surface area contributed by atoms with Gasteiger partial charge in [-0.15, -0.1) is 0 Å². The number of fused-ring (bicyclic) bond motifs is 1. The van der Waals surface area contributed by atoms with Gasteiger partial charge in [0.1, 0.15) is 17.8 Å². The first-order valence-corrected chi connectivity index (χ1v) is 15.5. The number of rotatable bonds is 11. The lowest BCUT2D eigenvalue weighted by molar-refractivity contribution is -0.119. The van der Waals surface area contributed by atoms with E-state index < -0.39 is 42.5 Å². The quantitative estimate of drug-likeness (QED) is 0.163. The number of aliphatic hydroxyl groups is 3. The lowest BCUT2D eigenvalue weighted by Crippen LogP contribution is -2.44. The van der Waals surface area contributed by atoms with Gasteiger partial charge in [0.25, 0.3) is 5.56 Å². The second-order valence-corrected chi connectivity index (χ2v) is 13.9. The first kappa shape index (κ1) is 31.1. The number of nitrogens with one attached hydrogen (secondary N) is 1. The van der Waals surface area contributed by atoms with Crippen LogP contribution in [0.2, 0.25) is 0 Å². The smallest absolute Gasteiger partial charge is 0.280 e. The zero-order valence-corrected chi connectivity index (χ0v) is 24.4. The van der Waals surface area contributed by atoms with Crippen LogP contribution >= 0.6 is 19.3 Å². The second-order valence-electron chi connectivity index (χ2n) is 10.5. The van der Waals surface area contributed by atoms with Crippen molar-refractivity contribution in [2.24, 2.45) is 5.41 Å². The van der Waals surface area contributed by atoms with Gasteiger partial charge in [-0.25, -0.2) is 9.65 Å². The predicted octanol–water partition coefficient (Wildman–Crippen LogP) is -0.451. The summed E-state index contributed by atoms with van der Waals surface area (Å²) in [7, 11) is -2.94. The molecule has 0 aromatic carbocycles. The summed E-state index contributed by atoms with van der Waals surface area (Å²) < 4.78 is 27.1. The monoisotopic (exact) mass is 604 g/mol. The van der Waals surface area contributed by atoms with E-state index in [-0.39, 0.29) is 42.0 Å². The maximum Gasteiger partial charge on any atom is 0.280 e. The Kier molecular flexibility index (Phi) is 9.46. The van der Waals surface area contributed by atoms with Gasteiger partial charge in [0.2, 0.25) is 5.95 Å². The molecule has 17 heteroatoms. The number of carbonyl (C=O) groups is 1. The van der Waals surface area contributed by atoms with E-state index in [2.05, 4.69) is 21.3 Å². The van der Waals surface area contributed by atoms with Crippen LogP contribution < -0.4 is 11.3 Å². The van der Waals surface area contributed by atoms with E-state index in [0.29, 0.717) is 32.1 Å². The summed E-state index contributed by atoms with van der Waals surface area (Å²) in [5.41, 5.74) is 2.57. The van der Waals surface area contributed by atoms with E-state index in [9.17, 15) is 24.9 Å². The normalized spacial score (nSPS) is 27.7. The van der Waals surface area contributed by atoms with E-state index >= 15 is 0 Å². The number of aliphatic hydroxyl groups excluding tert-OH is 2. The number of hydrogen-bond acceptors (Lipinski definition) is 14.